The van der Waals surface area contributed by atoms with Gasteiger partial charge in [-0.05, 0) is 37.5 Å². The molecule has 0 fully saturated rings. The molecule has 4 heteroatoms. The Labute approximate surface area is 95.7 Å². The van der Waals surface area contributed by atoms with Crippen molar-refractivity contribution in [1.82, 2.24) is 5.06 Å². The second-order valence-corrected chi connectivity index (χ2v) is 4.04. The lowest BCUT2D eigenvalue weighted by atomic mass is 10.1. The molecule has 0 aliphatic rings. The second-order valence-electron chi connectivity index (χ2n) is 4.04. The minimum absolute atomic E-state index is 0.0103. The standard InChI is InChI=1S/C12H19NO3/c1-3-6-13(16)9(2)7-10-4-5-11(14)12(15)8-10/h4-5,8-9,14-16H,3,6-7H2,1-2H3. The van der Waals surface area contributed by atoms with Crippen molar-refractivity contribution in [2.24, 2.45) is 0 Å². The average molecular weight is 225 g/mol. The Morgan fingerprint density at radius 1 is 1.25 bits per heavy atom. The Balaban J connectivity index is 2.62. The summed E-state index contributed by atoms with van der Waals surface area (Å²) in [6.45, 7) is 4.55. The fraction of sp³-hybridized carbons (Fsp3) is 0.500. The molecule has 0 spiro atoms. The van der Waals surface area contributed by atoms with Crippen LogP contribution in [-0.4, -0.2) is 33.1 Å². The molecule has 1 atom stereocenters. The highest BCUT2D eigenvalue weighted by Gasteiger charge is 2.11. The summed E-state index contributed by atoms with van der Waals surface area (Å²) < 4.78 is 0. The molecule has 0 bridgehead atoms. The van der Waals surface area contributed by atoms with Gasteiger partial charge in [0.15, 0.2) is 11.5 Å². The highest BCUT2D eigenvalue weighted by Crippen LogP contribution is 2.25. The number of hydrogen-bond acceptors (Lipinski definition) is 4. The van der Waals surface area contributed by atoms with Crippen molar-refractivity contribution in [3.8, 4) is 11.5 Å². The van der Waals surface area contributed by atoms with Gasteiger partial charge in [0.25, 0.3) is 0 Å². The first-order valence-corrected chi connectivity index (χ1v) is 5.51. The molecule has 0 aliphatic carbocycles. The van der Waals surface area contributed by atoms with Gasteiger partial charge >= 0.3 is 0 Å². The summed E-state index contributed by atoms with van der Waals surface area (Å²) in [5.74, 6) is -0.240. The summed E-state index contributed by atoms with van der Waals surface area (Å²) in [7, 11) is 0. The molecule has 0 amide bonds. The number of phenolic OH excluding ortho intramolecular Hbond substituents is 2. The van der Waals surface area contributed by atoms with E-state index in [4.69, 9.17) is 5.11 Å². The number of aromatic hydroxyl groups is 2. The predicted molar refractivity (Wildman–Crippen MR) is 61.7 cm³/mol. The van der Waals surface area contributed by atoms with Crippen LogP contribution in [0.5, 0.6) is 11.5 Å². The zero-order valence-electron chi connectivity index (χ0n) is 9.72. The monoisotopic (exact) mass is 225 g/mol. The lowest BCUT2D eigenvalue weighted by molar-refractivity contribution is -0.121. The first-order valence-electron chi connectivity index (χ1n) is 5.51. The van der Waals surface area contributed by atoms with Gasteiger partial charge in [-0.25, -0.2) is 0 Å². The van der Waals surface area contributed by atoms with Crippen LogP contribution < -0.4 is 0 Å². The van der Waals surface area contributed by atoms with Crippen molar-refractivity contribution in [3.05, 3.63) is 23.8 Å². The van der Waals surface area contributed by atoms with E-state index in [2.05, 4.69) is 0 Å². The summed E-state index contributed by atoms with van der Waals surface area (Å²) in [5, 5.41) is 29.4. The van der Waals surface area contributed by atoms with Crippen molar-refractivity contribution in [1.29, 1.82) is 0 Å². The molecule has 0 saturated heterocycles. The number of hydroxylamine groups is 2. The molecule has 90 valence electrons. The van der Waals surface area contributed by atoms with Gasteiger partial charge < -0.3 is 15.4 Å². The maximum Gasteiger partial charge on any atom is 0.157 e. The summed E-state index contributed by atoms with van der Waals surface area (Å²) >= 11 is 0. The fourth-order valence-electron chi connectivity index (χ4n) is 1.59. The number of benzene rings is 1. The zero-order valence-corrected chi connectivity index (χ0v) is 9.72. The topological polar surface area (TPSA) is 63.9 Å². The molecule has 0 radical (unpaired) electrons. The van der Waals surface area contributed by atoms with E-state index in [0.29, 0.717) is 13.0 Å². The molecule has 0 aromatic heterocycles. The van der Waals surface area contributed by atoms with Crippen LogP contribution in [0.15, 0.2) is 18.2 Å². The molecule has 1 aromatic rings. The van der Waals surface area contributed by atoms with Crippen LogP contribution in [0, 0.1) is 0 Å². The SMILES string of the molecule is CCCN(O)C(C)Cc1ccc(O)c(O)c1. The molecule has 4 nitrogen and oxygen atoms in total. The lowest BCUT2D eigenvalue weighted by Gasteiger charge is -2.22. The molecule has 1 aromatic carbocycles. The number of rotatable bonds is 5. The maximum absolute atomic E-state index is 9.62. The Morgan fingerprint density at radius 2 is 1.94 bits per heavy atom. The van der Waals surface area contributed by atoms with E-state index in [9.17, 15) is 10.3 Å². The van der Waals surface area contributed by atoms with E-state index in [1.165, 1.54) is 17.2 Å². The Hall–Kier alpha value is -1.26. The lowest BCUT2D eigenvalue weighted by Crippen LogP contribution is -2.32. The van der Waals surface area contributed by atoms with Crippen LogP contribution >= 0.6 is 0 Å². The predicted octanol–water partition coefficient (Wildman–Crippen LogP) is 2.13. The third-order valence-electron chi connectivity index (χ3n) is 2.53. The van der Waals surface area contributed by atoms with Gasteiger partial charge in [-0.2, -0.15) is 5.06 Å². The molecule has 1 unspecified atom stereocenters. The fourth-order valence-corrected chi connectivity index (χ4v) is 1.59. The van der Waals surface area contributed by atoms with E-state index in [0.717, 1.165) is 12.0 Å². The van der Waals surface area contributed by atoms with Crippen molar-refractivity contribution in [3.63, 3.8) is 0 Å². The van der Waals surface area contributed by atoms with Crippen LogP contribution in [0.25, 0.3) is 0 Å². The van der Waals surface area contributed by atoms with E-state index in [1.54, 1.807) is 6.07 Å². The van der Waals surface area contributed by atoms with Gasteiger partial charge in [0.2, 0.25) is 0 Å². The third-order valence-corrected chi connectivity index (χ3v) is 2.53. The molecular weight excluding hydrogens is 206 g/mol. The molecule has 16 heavy (non-hydrogen) atoms. The second kappa shape index (κ2) is 5.72. The van der Waals surface area contributed by atoms with Crippen LogP contribution in [0.4, 0.5) is 0 Å². The number of nitrogens with zero attached hydrogens (tertiary/aromatic N) is 1. The normalized spacial score (nSPS) is 13.0. The quantitative estimate of drug-likeness (QED) is 0.530. The number of phenols is 2. The Kier molecular flexibility index (Phi) is 4.58. The van der Waals surface area contributed by atoms with Crippen LogP contribution in [0.3, 0.4) is 0 Å². The number of hydrogen-bond donors (Lipinski definition) is 3. The molecule has 0 saturated carbocycles. The third kappa shape index (κ3) is 3.40. The first-order chi connectivity index (χ1) is 7.54. The van der Waals surface area contributed by atoms with E-state index < -0.39 is 0 Å². The van der Waals surface area contributed by atoms with Crippen molar-refractivity contribution >= 4 is 0 Å². The minimum Gasteiger partial charge on any atom is -0.504 e. The first kappa shape index (κ1) is 12.8. The van der Waals surface area contributed by atoms with Gasteiger partial charge in [0, 0.05) is 12.6 Å². The van der Waals surface area contributed by atoms with Gasteiger partial charge in [-0.3, -0.25) is 0 Å². The van der Waals surface area contributed by atoms with Gasteiger partial charge in [0.1, 0.15) is 0 Å². The molecule has 0 aliphatic heterocycles. The maximum atomic E-state index is 9.62. The van der Waals surface area contributed by atoms with E-state index in [-0.39, 0.29) is 17.5 Å². The summed E-state index contributed by atoms with van der Waals surface area (Å²) in [4.78, 5) is 0. The minimum atomic E-state index is -0.121. The zero-order chi connectivity index (χ0) is 12.1. The summed E-state index contributed by atoms with van der Waals surface area (Å²) in [6.07, 6.45) is 1.52. The van der Waals surface area contributed by atoms with Crippen molar-refractivity contribution in [2.75, 3.05) is 6.54 Å². The molecule has 0 heterocycles. The average Bonchev–Trinajstić information content (AvgIpc) is 2.24. The van der Waals surface area contributed by atoms with Crippen LogP contribution in [0.2, 0.25) is 0 Å². The van der Waals surface area contributed by atoms with Crippen molar-refractivity contribution in [2.45, 2.75) is 32.7 Å². The Bertz CT molecular complexity index is 341. The molecule has 1 rings (SSSR count). The summed E-state index contributed by atoms with van der Waals surface area (Å²) in [6, 6.07) is 4.71. The molecule has 3 N–H and O–H groups in total. The van der Waals surface area contributed by atoms with Gasteiger partial charge in [-0.15, -0.1) is 0 Å². The smallest absolute Gasteiger partial charge is 0.157 e. The van der Waals surface area contributed by atoms with Crippen LogP contribution in [0.1, 0.15) is 25.8 Å². The Morgan fingerprint density at radius 3 is 2.50 bits per heavy atom. The van der Waals surface area contributed by atoms with Gasteiger partial charge in [-0.1, -0.05) is 13.0 Å². The van der Waals surface area contributed by atoms with Crippen molar-refractivity contribution < 1.29 is 15.4 Å². The summed E-state index contributed by atoms with van der Waals surface area (Å²) in [5.41, 5.74) is 0.887. The van der Waals surface area contributed by atoms with E-state index >= 15 is 0 Å². The largest absolute Gasteiger partial charge is 0.504 e. The van der Waals surface area contributed by atoms with E-state index in [1.807, 2.05) is 13.8 Å². The van der Waals surface area contributed by atoms with Gasteiger partial charge in [0.05, 0.1) is 0 Å². The highest BCUT2D eigenvalue weighted by atomic mass is 16.5. The molecular formula is C12H19NO3. The van der Waals surface area contributed by atoms with Crippen LogP contribution in [-0.2, 0) is 6.42 Å². The highest BCUT2D eigenvalue weighted by molar-refractivity contribution is 5.40.